The van der Waals surface area contributed by atoms with Crippen LogP contribution in [0.2, 0.25) is 0 Å². The Hall–Kier alpha value is -3.18. The summed E-state index contributed by atoms with van der Waals surface area (Å²) in [5.41, 5.74) is -0.804. The molecule has 42 heavy (non-hydrogen) atoms. The molecule has 12 heteroatoms. The van der Waals surface area contributed by atoms with Crippen molar-refractivity contribution < 1.29 is 33.9 Å². The first-order valence-electron chi connectivity index (χ1n) is 15.1. The van der Waals surface area contributed by atoms with Crippen LogP contribution >= 0.6 is 0 Å². The van der Waals surface area contributed by atoms with Crippen LogP contribution < -0.4 is 21.3 Å². The van der Waals surface area contributed by atoms with Gasteiger partial charge in [-0.1, -0.05) is 55.4 Å². The third-order valence-electron chi connectivity index (χ3n) is 7.43. The van der Waals surface area contributed by atoms with Crippen molar-refractivity contribution in [2.45, 2.75) is 118 Å². The van der Waals surface area contributed by atoms with Crippen LogP contribution in [0.4, 0.5) is 0 Å². The SMILES string of the molecule is CCC(CC)C(=O)N[C@H](C(=O)N[C@@H](CC(=O)N1CCCC1)C(=O)N[C@@H](CC(=O)O)C(=O)NCCC(C)(C)C)C(C)(C)C. The highest BCUT2D eigenvalue weighted by atomic mass is 16.4. The first-order chi connectivity index (χ1) is 19.4. The van der Waals surface area contributed by atoms with Crippen LogP contribution in [0.5, 0.6) is 0 Å². The summed E-state index contributed by atoms with van der Waals surface area (Å²) in [6, 6.07) is -3.82. The van der Waals surface area contributed by atoms with E-state index in [0.29, 0.717) is 32.4 Å². The van der Waals surface area contributed by atoms with Gasteiger partial charge >= 0.3 is 5.97 Å². The van der Waals surface area contributed by atoms with E-state index in [1.807, 2.05) is 34.6 Å². The number of nitrogens with one attached hydrogen (secondary N) is 4. The van der Waals surface area contributed by atoms with E-state index < -0.39 is 53.7 Å². The lowest BCUT2D eigenvalue weighted by Gasteiger charge is -2.33. The molecule has 0 aromatic heterocycles. The van der Waals surface area contributed by atoms with Gasteiger partial charge in [0.1, 0.15) is 18.1 Å². The number of nitrogens with zero attached hydrogens (tertiary/aromatic N) is 1. The highest BCUT2D eigenvalue weighted by Crippen LogP contribution is 2.22. The Bertz CT molecular complexity index is 960. The smallest absolute Gasteiger partial charge is 0.305 e. The number of carbonyl (C=O) groups is 6. The van der Waals surface area contributed by atoms with Crippen molar-refractivity contribution in [2.75, 3.05) is 19.6 Å². The van der Waals surface area contributed by atoms with Crippen molar-refractivity contribution in [3.63, 3.8) is 0 Å². The number of aliphatic carboxylic acids is 1. The van der Waals surface area contributed by atoms with Crippen molar-refractivity contribution in [3.8, 4) is 0 Å². The average Bonchev–Trinajstić information content (AvgIpc) is 3.40. The van der Waals surface area contributed by atoms with Gasteiger partial charge in [-0.3, -0.25) is 28.8 Å². The van der Waals surface area contributed by atoms with E-state index in [2.05, 4.69) is 21.3 Å². The number of carboxylic acid groups (broad SMARTS) is 1. The van der Waals surface area contributed by atoms with Crippen molar-refractivity contribution >= 4 is 35.5 Å². The summed E-state index contributed by atoms with van der Waals surface area (Å²) >= 11 is 0. The van der Waals surface area contributed by atoms with Crippen LogP contribution in [-0.4, -0.2) is 83.3 Å². The van der Waals surface area contributed by atoms with Crippen LogP contribution in [0.1, 0.15) is 100 Å². The van der Waals surface area contributed by atoms with Gasteiger partial charge in [0, 0.05) is 25.6 Å². The molecule has 0 unspecified atom stereocenters. The maximum atomic E-state index is 13.6. The second-order valence-corrected chi connectivity index (χ2v) is 13.4. The molecule has 0 aliphatic carbocycles. The second kappa shape index (κ2) is 16.5. The summed E-state index contributed by atoms with van der Waals surface area (Å²) in [6.07, 6.45) is 2.44. The molecule has 5 N–H and O–H groups in total. The molecule has 12 nitrogen and oxygen atoms in total. The molecule has 0 aromatic rings. The molecule has 1 aliphatic rings. The summed E-state index contributed by atoms with van der Waals surface area (Å²) in [5, 5.41) is 20.0. The molecule has 5 amide bonds. The summed E-state index contributed by atoms with van der Waals surface area (Å²) < 4.78 is 0. The standard InChI is InChI=1S/C30H53N5O7/c1-9-19(10-2)25(39)34-24(30(6,7)8)28(42)33-20(17-22(36)35-15-11-12-16-35)27(41)32-21(18-23(37)38)26(40)31-14-13-29(3,4)5/h19-21,24H,9-18H2,1-8H3,(H,31,40)(H,32,41)(H,33,42)(H,34,39)(H,37,38)/t20-,21-,24+/m0/s1. The zero-order valence-corrected chi connectivity index (χ0v) is 26.7. The van der Waals surface area contributed by atoms with E-state index in [1.54, 1.807) is 25.7 Å². The molecule has 0 saturated carbocycles. The van der Waals surface area contributed by atoms with Crippen LogP contribution in [-0.2, 0) is 28.8 Å². The molecule has 0 radical (unpaired) electrons. The normalized spacial score (nSPS) is 15.9. The van der Waals surface area contributed by atoms with Gasteiger partial charge in [0.05, 0.1) is 12.8 Å². The lowest BCUT2D eigenvalue weighted by molar-refractivity contribution is -0.142. The fourth-order valence-electron chi connectivity index (χ4n) is 4.67. The van der Waals surface area contributed by atoms with E-state index in [-0.39, 0.29) is 36.1 Å². The molecule has 1 fully saturated rings. The number of likely N-dealkylation sites (tertiary alicyclic amines) is 1. The number of carbonyl (C=O) groups excluding carboxylic acids is 5. The van der Waals surface area contributed by atoms with E-state index >= 15 is 0 Å². The average molecular weight is 596 g/mol. The minimum Gasteiger partial charge on any atom is -0.481 e. The quantitative estimate of drug-likeness (QED) is 0.192. The Kier molecular flexibility index (Phi) is 14.4. The zero-order valence-electron chi connectivity index (χ0n) is 26.7. The van der Waals surface area contributed by atoms with Crippen molar-refractivity contribution in [3.05, 3.63) is 0 Å². The van der Waals surface area contributed by atoms with Crippen LogP contribution in [0.25, 0.3) is 0 Å². The number of amides is 5. The number of rotatable bonds is 15. The van der Waals surface area contributed by atoms with Crippen molar-refractivity contribution in [1.29, 1.82) is 0 Å². The lowest BCUT2D eigenvalue weighted by Crippen LogP contribution is -2.60. The summed E-state index contributed by atoms with van der Waals surface area (Å²) in [6.45, 7) is 16.5. The Balaban J connectivity index is 3.21. The largest absolute Gasteiger partial charge is 0.481 e. The molecular weight excluding hydrogens is 542 g/mol. The first kappa shape index (κ1) is 36.8. The maximum absolute atomic E-state index is 13.6. The Morgan fingerprint density at radius 1 is 0.738 bits per heavy atom. The molecule has 3 atom stereocenters. The van der Waals surface area contributed by atoms with Crippen LogP contribution in [0, 0.1) is 16.7 Å². The Morgan fingerprint density at radius 2 is 1.26 bits per heavy atom. The minimum absolute atomic E-state index is 0.0720. The molecule has 0 bridgehead atoms. The summed E-state index contributed by atoms with van der Waals surface area (Å²) in [7, 11) is 0. The van der Waals surface area contributed by atoms with E-state index in [9.17, 15) is 33.9 Å². The molecule has 1 rings (SSSR count). The minimum atomic E-state index is -1.41. The van der Waals surface area contributed by atoms with Crippen LogP contribution in [0.3, 0.4) is 0 Å². The number of hydrogen-bond donors (Lipinski definition) is 5. The van der Waals surface area contributed by atoms with Gasteiger partial charge in [0.2, 0.25) is 29.5 Å². The van der Waals surface area contributed by atoms with E-state index in [0.717, 1.165) is 12.8 Å². The number of carboxylic acids is 1. The topological polar surface area (TPSA) is 174 Å². The number of hydrogen-bond acceptors (Lipinski definition) is 6. The molecule has 1 aliphatic heterocycles. The molecule has 240 valence electrons. The molecule has 0 aromatic carbocycles. The van der Waals surface area contributed by atoms with Gasteiger partial charge in [-0.25, -0.2) is 0 Å². The van der Waals surface area contributed by atoms with E-state index in [1.165, 1.54) is 0 Å². The second-order valence-electron chi connectivity index (χ2n) is 13.4. The summed E-state index contributed by atoms with van der Waals surface area (Å²) in [5.74, 6) is -4.38. The van der Waals surface area contributed by atoms with Gasteiger partial charge in [-0.15, -0.1) is 0 Å². The summed E-state index contributed by atoms with van der Waals surface area (Å²) in [4.78, 5) is 79.0. The molecule has 1 heterocycles. The van der Waals surface area contributed by atoms with E-state index in [4.69, 9.17) is 0 Å². The monoisotopic (exact) mass is 595 g/mol. The van der Waals surface area contributed by atoms with Crippen LogP contribution in [0.15, 0.2) is 0 Å². The fraction of sp³-hybridized carbons (Fsp3) is 0.800. The van der Waals surface area contributed by atoms with Crippen molar-refractivity contribution in [1.82, 2.24) is 26.2 Å². The predicted molar refractivity (Wildman–Crippen MR) is 159 cm³/mol. The third-order valence-corrected chi connectivity index (χ3v) is 7.43. The van der Waals surface area contributed by atoms with Gasteiger partial charge in [-0.2, -0.15) is 0 Å². The van der Waals surface area contributed by atoms with Gasteiger partial charge < -0.3 is 31.3 Å². The van der Waals surface area contributed by atoms with Gasteiger partial charge in [0.15, 0.2) is 0 Å². The first-order valence-corrected chi connectivity index (χ1v) is 15.1. The highest BCUT2D eigenvalue weighted by Gasteiger charge is 2.38. The fourth-order valence-corrected chi connectivity index (χ4v) is 4.67. The highest BCUT2D eigenvalue weighted by molar-refractivity contribution is 5.97. The van der Waals surface area contributed by atoms with Gasteiger partial charge in [-0.05, 0) is 42.9 Å². The molecule has 0 spiro atoms. The Morgan fingerprint density at radius 3 is 1.74 bits per heavy atom. The van der Waals surface area contributed by atoms with Crippen molar-refractivity contribution in [2.24, 2.45) is 16.7 Å². The zero-order chi connectivity index (χ0) is 32.3. The molecule has 1 saturated heterocycles. The predicted octanol–water partition coefficient (Wildman–Crippen LogP) is 1.96. The third kappa shape index (κ3) is 12.8. The Labute approximate surface area is 250 Å². The van der Waals surface area contributed by atoms with Gasteiger partial charge in [0.25, 0.3) is 0 Å². The maximum Gasteiger partial charge on any atom is 0.305 e. The molecular formula is C30H53N5O7. The lowest BCUT2D eigenvalue weighted by atomic mass is 9.85.